The van der Waals surface area contributed by atoms with Crippen LogP contribution in [0.15, 0.2) is 170 Å². The minimum absolute atomic E-state index is 0.338. The topological polar surface area (TPSA) is 13.0 Å². The largest absolute Gasteiger partial charge is 0.416 e. The zero-order valence-electron chi connectivity index (χ0n) is 30.6. The molecule has 0 fully saturated rings. The second-order valence-electron chi connectivity index (χ2n) is 14.4. The van der Waals surface area contributed by atoms with Crippen LogP contribution in [-0.4, -0.2) is 13.3 Å². The lowest BCUT2D eigenvalue weighted by Gasteiger charge is -2.29. The molecule has 0 unspecified atom stereocenters. The maximum atomic E-state index is 13.6. The lowest BCUT2D eigenvalue weighted by atomic mass is 9.90. The first-order chi connectivity index (χ1) is 28.0. The molecule has 0 saturated heterocycles. The molecule has 58 heavy (non-hydrogen) atoms. The molecule has 10 rings (SSSR count). The molecule has 2 heterocycles. The van der Waals surface area contributed by atoms with Crippen molar-refractivity contribution in [3.05, 3.63) is 181 Å². The molecule has 0 amide bonds. The summed E-state index contributed by atoms with van der Waals surface area (Å²) < 4.78 is 81.5. The number of fused-ring (bicyclic) bond motifs is 4. The molecule has 0 aromatic heterocycles. The molecule has 0 N–H and O–H groups in total. The molecule has 0 atom stereocenters. The Kier molecular flexibility index (Phi) is 8.15. The summed E-state index contributed by atoms with van der Waals surface area (Å²) in [6.45, 7) is 0.675. The molecule has 8 aromatic rings. The third-order valence-corrected chi connectivity index (χ3v) is 11.2. The van der Waals surface area contributed by atoms with Crippen molar-refractivity contribution in [1.82, 2.24) is 0 Å². The lowest BCUT2D eigenvalue weighted by Crippen LogP contribution is -2.25. The summed E-state index contributed by atoms with van der Waals surface area (Å²) in [4.78, 5) is 8.48. The van der Waals surface area contributed by atoms with Gasteiger partial charge in [0.15, 0.2) is 0 Å². The number of nitrogens with zero attached hydrogens (tertiary/aromatic N) is 4. The van der Waals surface area contributed by atoms with Gasteiger partial charge in [0.1, 0.15) is 13.3 Å². The summed E-state index contributed by atoms with van der Waals surface area (Å²) in [7, 11) is 0. The Hall–Kier alpha value is -6.94. The normalized spacial score (nSPS) is 14.1. The van der Waals surface area contributed by atoms with Gasteiger partial charge in [-0.25, -0.2) is 0 Å². The number of hydrogen-bond donors (Lipinski definition) is 0. The molecule has 286 valence electrons. The van der Waals surface area contributed by atoms with Gasteiger partial charge in [0.25, 0.3) is 0 Å². The van der Waals surface area contributed by atoms with E-state index in [1.165, 1.54) is 24.3 Å². The van der Waals surface area contributed by atoms with Crippen molar-refractivity contribution in [2.45, 2.75) is 12.4 Å². The van der Waals surface area contributed by atoms with E-state index >= 15 is 0 Å². The van der Waals surface area contributed by atoms with Crippen LogP contribution in [-0.2, 0) is 12.4 Å². The van der Waals surface area contributed by atoms with Crippen molar-refractivity contribution in [2.24, 2.45) is 0 Å². The predicted octanol–water partition coefficient (Wildman–Crippen LogP) is 14.2. The van der Waals surface area contributed by atoms with E-state index in [-0.39, 0.29) is 0 Å². The highest BCUT2D eigenvalue weighted by Crippen LogP contribution is 2.54. The highest BCUT2D eigenvalue weighted by atomic mass is 19.4. The summed E-state index contributed by atoms with van der Waals surface area (Å²) in [6.07, 6.45) is -8.90. The SMILES string of the molecule is FC(F)(F)c1ccc(N2CN(c3ccc4ccccc4c3-c3c(N4CN(c5ccc(C(F)(F)F)cc5)c5ccccc54)ccc4ccccc34)c3ccccc32)cc1. The minimum atomic E-state index is -4.45. The maximum absolute atomic E-state index is 13.6. The molecule has 2 aliphatic rings. The second-order valence-corrected chi connectivity index (χ2v) is 14.4. The Morgan fingerprint density at radius 3 is 1.00 bits per heavy atom. The molecule has 0 saturated carbocycles. The first-order valence-electron chi connectivity index (χ1n) is 18.7. The third-order valence-electron chi connectivity index (χ3n) is 11.2. The number of alkyl halides is 6. The Morgan fingerprint density at radius 1 is 0.310 bits per heavy atom. The number of hydrogen-bond acceptors (Lipinski definition) is 4. The van der Waals surface area contributed by atoms with Crippen molar-refractivity contribution in [3.63, 3.8) is 0 Å². The number of benzene rings is 8. The van der Waals surface area contributed by atoms with Crippen LogP contribution in [0, 0.1) is 0 Å². The first kappa shape index (κ1) is 35.5. The quantitative estimate of drug-likeness (QED) is 0.161. The summed E-state index contributed by atoms with van der Waals surface area (Å²) >= 11 is 0. The molecular formula is C48H32F6N4. The highest BCUT2D eigenvalue weighted by molar-refractivity contribution is 6.15. The van der Waals surface area contributed by atoms with Crippen molar-refractivity contribution in [3.8, 4) is 11.1 Å². The zero-order chi connectivity index (χ0) is 39.8. The van der Waals surface area contributed by atoms with Crippen molar-refractivity contribution in [2.75, 3.05) is 32.9 Å². The fraction of sp³-hybridized carbons (Fsp3) is 0.0833. The van der Waals surface area contributed by atoms with E-state index in [0.717, 1.165) is 91.1 Å². The average molecular weight is 779 g/mol. The van der Waals surface area contributed by atoms with Gasteiger partial charge >= 0.3 is 12.4 Å². The molecular weight excluding hydrogens is 747 g/mol. The number of anilines is 8. The van der Waals surface area contributed by atoms with E-state index in [0.29, 0.717) is 24.7 Å². The fourth-order valence-electron chi connectivity index (χ4n) is 8.44. The van der Waals surface area contributed by atoms with Gasteiger partial charge in [-0.15, -0.1) is 0 Å². The van der Waals surface area contributed by atoms with E-state index < -0.39 is 23.5 Å². The van der Waals surface area contributed by atoms with Gasteiger partial charge < -0.3 is 19.6 Å². The summed E-state index contributed by atoms with van der Waals surface area (Å²) in [5.74, 6) is 0. The molecule has 8 aromatic carbocycles. The summed E-state index contributed by atoms with van der Waals surface area (Å²) in [6, 6.07) is 51.2. The Bertz CT molecular complexity index is 2650. The standard InChI is InChI=1S/C48H32F6N4/c49-47(50,51)33-19-23-35(24-20-33)55-29-57(41-15-7-5-13-39(41)55)43-27-17-31-9-1-3-11-37(31)45(43)46-38-12-4-2-10-32(38)18-28-44(46)58-30-56(40-14-6-8-16-42(40)58)36-25-21-34(22-26-36)48(52,53)54/h1-28H,29-30H2. The molecule has 10 heteroatoms. The van der Waals surface area contributed by atoms with Gasteiger partial charge in [0.2, 0.25) is 0 Å². The molecule has 0 bridgehead atoms. The third kappa shape index (κ3) is 5.86. The first-order valence-corrected chi connectivity index (χ1v) is 18.7. The van der Waals surface area contributed by atoms with E-state index in [2.05, 4.69) is 58.3 Å². The number of halogens is 6. The lowest BCUT2D eigenvalue weighted by molar-refractivity contribution is -0.138. The molecule has 0 radical (unpaired) electrons. The van der Waals surface area contributed by atoms with Crippen molar-refractivity contribution >= 4 is 67.0 Å². The van der Waals surface area contributed by atoms with Crippen LogP contribution >= 0.6 is 0 Å². The van der Waals surface area contributed by atoms with Crippen LogP contribution in [0.5, 0.6) is 0 Å². The van der Waals surface area contributed by atoms with E-state index in [1.54, 1.807) is 0 Å². The van der Waals surface area contributed by atoms with E-state index in [1.807, 2.05) is 82.6 Å². The van der Waals surface area contributed by atoms with Gasteiger partial charge in [0, 0.05) is 22.5 Å². The number of para-hydroxylation sites is 4. The van der Waals surface area contributed by atoms with Gasteiger partial charge in [-0.1, -0.05) is 84.9 Å². The molecule has 0 spiro atoms. The van der Waals surface area contributed by atoms with Gasteiger partial charge in [-0.05, 0) is 106 Å². The summed E-state index contributed by atoms with van der Waals surface area (Å²) in [5.41, 5.74) is 7.14. The van der Waals surface area contributed by atoms with Crippen molar-refractivity contribution < 1.29 is 26.3 Å². The maximum Gasteiger partial charge on any atom is 0.416 e. The van der Waals surface area contributed by atoms with Gasteiger partial charge in [-0.3, -0.25) is 0 Å². The Labute approximate surface area is 330 Å². The van der Waals surface area contributed by atoms with E-state index in [9.17, 15) is 26.3 Å². The van der Waals surface area contributed by atoms with Crippen LogP contribution in [0.1, 0.15) is 11.1 Å². The highest BCUT2D eigenvalue weighted by Gasteiger charge is 2.36. The van der Waals surface area contributed by atoms with Gasteiger partial charge in [0.05, 0.1) is 45.3 Å². The smallest absolute Gasteiger partial charge is 0.321 e. The molecule has 4 nitrogen and oxygen atoms in total. The van der Waals surface area contributed by atoms with Crippen LogP contribution in [0.3, 0.4) is 0 Å². The van der Waals surface area contributed by atoms with Crippen LogP contribution in [0.25, 0.3) is 32.7 Å². The fourth-order valence-corrected chi connectivity index (χ4v) is 8.44. The number of rotatable bonds is 5. The monoisotopic (exact) mass is 778 g/mol. The molecule has 0 aliphatic carbocycles. The van der Waals surface area contributed by atoms with Crippen molar-refractivity contribution in [1.29, 1.82) is 0 Å². The molecule has 2 aliphatic heterocycles. The Balaban J connectivity index is 1.17. The Morgan fingerprint density at radius 2 is 0.638 bits per heavy atom. The van der Waals surface area contributed by atoms with Gasteiger partial charge in [-0.2, -0.15) is 26.3 Å². The second kappa shape index (κ2) is 13.3. The van der Waals surface area contributed by atoms with E-state index in [4.69, 9.17) is 0 Å². The zero-order valence-corrected chi connectivity index (χ0v) is 30.6. The minimum Gasteiger partial charge on any atom is -0.321 e. The van der Waals surface area contributed by atoms with Crippen LogP contribution < -0.4 is 19.6 Å². The average Bonchev–Trinajstić information content (AvgIpc) is 3.82. The van der Waals surface area contributed by atoms with Crippen LogP contribution in [0.2, 0.25) is 0 Å². The summed E-state index contributed by atoms with van der Waals surface area (Å²) in [5, 5.41) is 4.08. The predicted molar refractivity (Wildman–Crippen MR) is 221 cm³/mol. The van der Waals surface area contributed by atoms with Crippen LogP contribution in [0.4, 0.5) is 71.8 Å².